The molecular formula is C27H22Cl2N4O2. The van der Waals surface area contributed by atoms with Gasteiger partial charge in [0.05, 0.1) is 15.4 Å². The quantitative estimate of drug-likeness (QED) is 0.353. The van der Waals surface area contributed by atoms with Crippen molar-refractivity contribution < 1.29 is 9.32 Å². The van der Waals surface area contributed by atoms with Crippen LogP contribution < -0.4 is 5.32 Å². The fourth-order valence-electron chi connectivity index (χ4n) is 4.01. The zero-order chi connectivity index (χ0) is 24.2. The Morgan fingerprint density at radius 1 is 0.971 bits per heavy atom. The van der Waals surface area contributed by atoms with Gasteiger partial charge >= 0.3 is 6.03 Å². The Morgan fingerprint density at radius 2 is 1.77 bits per heavy atom. The minimum absolute atomic E-state index is 0.166. The first-order valence-electron chi connectivity index (χ1n) is 11.2. The summed E-state index contributed by atoms with van der Waals surface area (Å²) >= 11 is 12.3. The Balaban J connectivity index is 1.17. The van der Waals surface area contributed by atoms with Crippen LogP contribution in [0.2, 0.25) is 10.0 Å². The summed E-state index contributed by atoms with van der Waals surface area (Å²) in [6.45, 7) is 3.61. The van der Waals surface area contributed by atoms with E-state index in [9.17, 15) is 4.79 Å². The molecule has 5 rings (SSSR count). The molecule has 0 atom stereocenters. The second kappa shape index (κ2) is 10.4. The van der Waals surface area contributed by atoms with Crippen LogP contribution in [-0.4, -0.2) is 47.2 Å². The molecular weight excluding hydrogens is 483 g/mol. The molecule has 1 aliphatic heterocycles. The van der Waals surface area contributed by atoms with E-state index in [1.807, 2.05) is 48.5 Å². The number of urea groups is 1. The third kappa shape index (κ3) is 5.44. The molecule has 0 aliphatic carbocycles. The molecule has 35 heavy (non-hydrogen) atoms. The highest BCUT2D eigenvalue weighted by Gasteiger charge is 2.22. The lowest BCUT2D eigenvalue weighted by Gasteiger charge is -2.34. The maximum Gasteiger partial charge on any atom is 0.323 e. The van der Waals surface area contributed by atoms with Gasteiger partial charge in [0.25, 0.3) is 0 Å². The van der Waals surface area contributed by atoms with Gasteiger partial charge in [0, 0.05) is 43.9 Å². The number of anilines is 1. The van der Waals surface area contributed by atoms with Gasteiger partial charge < -0.3 is 9.42 Å². The SMILES string of the molecule is O=C(Nc1noc2ccccc12)N1CCN(Cc2cccc(C#Cc3cccc(Cl)c3Cl)c2)CC1. The van der Waals surface area contributed by atoms with Gasteiger partial charge in [-0.1, -0.05) is 70.5 Å². The molecule has 1 aromatic heterocycles. The second-order valence-electron chi connectivity index (χ2n) is 8.27. The predicted molar refractivity (Wildman–Crippen MR) is 139 cm³/mol. The number of piperazine rings is 1. The first-order valence-corrected chi connectivity index (χ1v) is 12.0. The predicted octanol–water partition coefficient (Wildman–Crippen LogP) is 5.88. The van der Waals surface area contributed by atoms with E-state index in [-0.39, 0.29) is 6.03 Å². The van der Waals surface area contributed by atoms with E-state index in [1.165, 1.54) is 5.56 Å². The maximum atomic E-state index is 12.7. The lowest BCUT2D eigenvalue weighted by molar-refractivity contribution is 0.143. The van der Waals surface area contributed by atoms with Crippen LogP contribution in [0.25, 0.3) is 11.0 Å². The first-order chi connectivity index (χ1) is 17.1. The van der Waals surface area contributed by atoms with Gasteiger partial charge in [-0.15, -0.1) is 0 Å². The van der Waals surface area contributed by atoms with E-state index >= 15 is 0 Å². The van der Waals surface area contributed by atoms with Crippen LogP contribution in [0.3, 0.4) is 0 Å². The number of amides is 2. The first kappa shape index (κ1) is 23.3. The number of hydrogen-bond donors (Lipinski definition) is 1. The molecule has 1 aliphatic rings. The molecule has 1 fully saturated rings. The van der Waals surface area contributed by atoms with E-state index in [2.05, 4.69) is 39.3 Å². The Kier molecular flexibility index (Phi) is 6.91. The minimum Gasteiger partial charge on any atom is -0.354 e. The standard InChI is InChI=1S/C27H22Cl2N4O2/c28-23-9-4-7-21(25(23)29)12-11-19-5-3-6-20(17-19)18-32-13-15-33(16-14-32)27(34)30-26-22-8-1-2-10-24(22)35-31-26/h1-10,17H,13-16,18H2,(H,30,31,34). The van der Waals surface area contributed by atoms with Crippen LogP contribution in [0.15, 0.2) is 71.3 Å². The van der Waals surface area contributed by atoms with Crippen LogP contribution >= 0.6 is 23.2 Å². The zero-order valence-corrected chi connectivity index (χ0v) is 20.3. The number of fused-ring (bicyclic) bond motifs is 1. The van der Waals surface area contributed by atoms with Crippen molar-refractivity contribution in [2.24, 2.45) is 0 Å². The summed E-state index contributed by atoms with van der Waals surface area (Å²) in [5, 5.41) is 8.61. The monoisotopic (exact) mass is 504 g/mol. The molecule has 176 valence electrons. The highest BCUT2D eigenvalue weighted by atomic mass is 35.5. The van der Waals surface area contributed by atoms with E-state index in [0.717, 1.165) is 30.6 Å². The smallest absolute Gasteiger partial charge is 0.323 e. The van der Waals surface area contributed by atoms with Crippen molar-refractivity contribution in [1.82, 2.24) is 15.0 Å². The molecule has 0 bridgehead atoms. The molecule has 0 radical (unpaired) electrons. The number of halogens is 2. The molecule has 1 saturated heterocycles. The number of aromatic nitrogens is 1. The fraction of sp³-hybridized carbons (Fsp3) is 0.185. The summed E-state index contributed by atoms with van der Waals surface area (Å²) in [4.78, 5) is 16.9. The van der Waals surface area contributed by atoms with Gasteiger partial charge in [-0.3, -0.25) is 10.2 Å². The van der Waals surface area contributed by atoms with Crippen molar-refractivity contribution in [1.29, 1.82) is 0 Å². The van der Waals surface area contributed by atoms with Gasteiger partial charge in [-0.25, -0.2) is 4.79 Å². The van der Waals surface area contributed by atoms with Crippen molar-refractivity contribution >= 4 is 46.0 Å². The van der Waals surface area contributed by atoms with Gasteiger partial charge in [0.1, 0.15) is 0 Å². The summed E-state index contributed by atoms with van der Waals surface area (Å²) in [6, 6.07) is 20.9. The summed E-state index contributed by atoms with van der Waals surface area (Å²) in [5.41, 5.74) is 3.44. The number of benzene rings is 3. The number of nitrogens with zero attached hydrogens (tertiary/aromatic N) is 3. The topological polar surface area (TPSA) is 61.6 Å². The van der Waals surface area contributed by atoms with Crippen molar-refractivity contribution in [2.45, 2.75) is 6.54 Å². The van der Waals surface area contributed by atoms with E-state index in [4.69, 9.17) is 27.7 Å². The minimum atomic E-state index is -0.166. The number of hydrogen-bond acceptors (Lipinski definition) is 4. The molecule has 4 aromatic rings. The Bertz CT molecular complexity index is 1430. The molecule has 8 heteroatoms. The Morgan fingerprint density at radius 3 is 2.63 bits per heavy atom. The van der Waals surface area contributed by atoms with E-state index < -0.39 is 0 Å². The molecule has 0 unspecified atom stereocenters. The number of para-hydroxylation sites is 1. The number of nitrogens with one attached hydrogen (secondary N) is 1. The normalized spacial score (nSPS) is 13.9. The zero-order valence-electron chi connectivity index (χ0n) is 18.8. The maximum absolute atomic E-state index is 12.7. The average molecular weight is 505 g/mol. The highest BCUT2D eigenvalue weighted by molar-refractivity contribution is 6.42. The Hall–Kier alpha value is -3.50. The van der Waals surface area contributed by atoms with Crippen LogP contribution in [0.4, 0.5) is 10.6 Å². The summed E-state index contributed by atoms with van der Waals surface area (Å²) in [6.07, 6.45) is 0. The van der Waals surface area contributed by atoms with Gasteiger partial charge in [0.2, 0.25) is 0 Å². The summed E-state index contributed by atoms with van der Waals surface area (Å²) in [5.74, 6) is 6.73. The number of rotatable bonds is 3. The molecule has 0 saturated carbocycles. The van der Waals surface area contributed by atoms with E-state index in [1.54, 1.807) is 11.0 Å². The average Bonchev–Trinajstić information content (AvgIpc) is 3.28. The molecule has 1 N–H and O–H groups in total. The van der Waals surface area contributed by atoms with Crippen molar-refractivity contribution in [3.05, 3.63) is 93.5 Å². The third-order valence-electron chi connectivity index (χ3n) is 5.89. The van der Waals surface area contributed by atoms with Crippen molar-refractivity contribution in [2.75, 3.05) is 31.5 Å². The van der Waals surface area contributed by atoms with Gasteiger partial charge in [-0.05, 0) is 42.0 Å². The third-order valence-corrected chi connectivity index (χ3v) is 6.71. The second-order valence-corrected chi connectivity index (χ2v) is 9.06. The molecule has 2 amide bonds. The van der Waals surface area contributed by atoms with Crippen molar-refractivity contribution in [3.63, 3.8) is 0 Å². The van der Waals surface area contributed by atoms with Crippen molar-refractivity contribution in [3.8, 4) is 11.8 Å². The van der Waals surface area contributed by atoms with Crippen LogP contribution in [-0.2, 0) is 6.54 Å². The molecule has 6 nitrogen and oxygen atoms in total. The number of carbonyl (C=O) groups is 1. The van der Waals surface area contributed by atoms with Crippen LogP contribution in [0.5, 0.6) is 0 Å². The number of carbonyl (C=O) groups excluding carboxylic acids is 1. The Labute approximate surface area is 213 Å². The van der Waals surface area contributed by atoms with E-state index in [0.29, 0.717) is 40.1 Å². The largest absolute Gasteiger partial charge is 0.354 e. The van der Waals surface area contributed by atoms with Gasteiger partial charge in [0.15, 0.2) is 11.4 Å². The lowest BCUT2D eigenvalue weighted by Crippen LogP contribution is -2.49. The summed E-state index contributed by atoms with van der Waals surface area (Å²) < 4.78 is 5.27. The van der Waals surface area contributed by atoms with Crippen LogP contribution in [0.1, 0.15) is 16.7 Å². The highest BCUT2D eigenvalue weighted by Crippen LogP contribution is 2.25. The van der Waals surface area contributed by atoms with Gasteiger partial charge in [-0.2, -0.15) is 0 Å². The summed E-state index contributed by atoms with van der Waals surface area (Å²) in [7, 11) is 0. The fourth-order valence-corrected chi connectivity index (χ4v) is 4.36. The molecule has 2 heterocycles. The molecule has 0 spiro atoms. The lowest BCUT2D eigenvalue weighted by atomic mass is 10.1. The molecule has 3 aromatic carbocycles. The van der Waals surface area contributed by atoms with Crippen LogP contribution in [0, 0.1) is 11.8 Å².